The fourth-order valence-electron chi connectivity index (χ4n) is 2.28. The number of sulfonamides is 1. The van der Waals surface area contributed by atoms with Gasteiger partial charge >= 0.3 is 6.03 Å². The van der Waals surface area contributed by atoms with E-state index in [2.05, 4.69) is 20.3 Å². The fourth-order valence-corrected chi connectivity index (χ4v) is 2.75. The van der Waals surface area contributed by atoms with Crippen molar-refractivity contribution in [3.63, 3.8) is 0 Å². The van der Waals surface area contributed by atoms with Crippen LogP contribution in [0.4, 0.5) is 4.79 Å². The summed E-state index contributed by atoms with van der Waals surface area (Å²) in [7, 11) is -1.34. The number of carbonyl (C=O) groups is 1. The van der Waals surface area contributed by atoms with E-state index in [1.54, 1.807) is 0 Å². The number of fused-ring (bicyclic) bond motifs is 1. The molecular weight excluding hydrogens is 318 g/mol. The average molecular weight is 339 g/mol. The number of aromatic nitrogens is 2. The zero-order valence-corrected chi connectivity index (χ0v) is 14.1. The van der Waals surface area contributed by atoms with Gasteiger partial charge in [-0.3, -0.25) is 0 Å². The second-order valence-electron chi connectivity index (χ2n) is 5.31. The molecule has 0 aliphatic heterocycles. The molecule has 9 heteroatoms. The monoisotopic (exact) mass is 339 g/mol. The molecule has 126 valence electrons. The lowest BCUT2D eigenvalue weighted by Gasteiger charge is -2.14. The van der Waals surface area contributed by atoms with Gasteiger partial charge in [0.05, 0.1) is 23.3 Å². The number of hydrogen-bond acceptors (Lipinski definition) is 4. The lowest BCUT2D eigenvalue weighted by atomic mass is 10.3. The Kier molecular flexibility index (Phi) is 5.22. The van der Waals surface area contributed by atoms with Crippen LogP contribution in [-0.4, -0.2) is 43.3 Å². The van der Waals surface area contributed by atoms with E-state index in [1.165, 1.54) is 0 Å². The summed E-state index contributed by atoms with van der Waals surface area (Å²) >= 11 is 0. The molecule has 1 aromatic carbocycles. The molecule has 1 atom stereocenters. The number of para-hydroxylation sites is 2. The molecule has 1 heterocycles. The molecular formula is C14H21N5O3S. The highest BCUT2D eigenvalue weighted by Crippen LogP contribution is 2.18. The maximum absolute atomic E-state index is 11.8. The van der Waals surface area contributed by atoms with Crippen LogP contribution in [0, 0.1) is 0 Å². The number of nitrogens with one attached hydrogen (secondary N) is 3. The van der Waals surface area contributed by atoms with Crippen LogP contribution in [0.5, 0.6) is 0 Å². The Balaban J connectivity index is 1.91. The van der Waals surface area contributed by atoms with E-state index in [1.807, 2.05) is 42.8 Å². The van der Waals surface area contributed by atoms with Crippen LogP contribution in [0.2, 0.25) is 0 Å². The van der Waals surface area contributed by atoms with Crippen LogP contribution in [0.15, 0.2) is 24.3 Å². The summed E-state index contributed by atoms with van der Waals surface area (Å²) in [5.74, 6) is 0.746. The van der Waals surface area contributed by atoms with Crippen molar-refractivity contribution in [2.75, 3.05) is 19.3 Å². The fraction of sp³-hybridized carbons (Fsp3) is 0.429. The van der Waals surface area contributed by atoms with Gasteiger partial charge in [-0.2, -0.15) is 0 Å². The molecule has 0 aliphatic carbocycles. The Morgan fingerprint density at radius 1 is 1.30 bits per heavy atom. The quantitative estimate of drug-likeness (QED) is 0.666. The van der Waals surface area contributed by atoms with E-state index >= 15 is 0 Å². The standard InChI is InChI=1S/C14H21N5O3S/c1-10(17-14(20)15-8-9-16-23(3,21)22)13-18-11-6-4-5-7-12(11)19(13)2/h4-7,10,16H,8-9H2,1-3H3,(H2,15,17,20)/t10-/m1/s1. The van der Waals surface area contributed by atoms with E-state index in [0.29, 0.717) is 0 Å². The van der Waals surface area contributed by atoms with Crippen molar-refractivity contribution >= 4 is 27.1 Å². The van der Waals surface area contributed by atoms with Gasteiger partial charge in [-0.1, -0.05) is 12.1 Å². The van der Waals surface area contributed by atoms with E-state index in [9.17, 15) is 13.2 Å². The van der Waals surface area contributed by atoms with E-state index in [4.69, 9.17) is 0 Å². The molecule has 1 aromatic heterocycles. The molecule has 0 bridgehead atoms. The van der Waals surface area contributed by atoms with Crippen molar-refractivity contribution < 1.29 is 13.2 Å². The highest BCUT2D eigenvalue weighted by atomic mass is 32.2. The molecule has 0 spiro atoms. The Bertz CT molecular complexity index is 800. The molecule has 0 fully saturated rings. The molecule has 23 heavy (non-hydrogen) atoms. The smallest absolute Gasteiger partial charge is 0.315 e. The van der Waals surface area contributed by atoms with Gasteiger partial charge in [0.15, 0.2) is 0 Å². The highest BCUT2D eigenvalue weighted by molar-refractivity contribution is 7.88. The minimum atomic E-state index is -3.24. The molecule has 2 rings (SSSR count). The normalized spacial score (nSPS) is 13.0. The molecule has 8 nitrogen and oxygen atoms in total. The number of imidazole rings is 1. The Morgan fingerprint density at radius 3 is 2.65 bits per heavy atom. The van der Waals surface area contributed by atoms with Crippen molar-refractivity contribution in [1.82, 2.24) is 24.9 Å². The van der Waals surface area contributed by atoms with E-state index in [0.717, 1.165) is 23.1 Å². The third-order valence-electron chi connectivity index (χ3n) is 3.33. The molecule has 0 saturated heterocycles. The van der Waals surface area contributed by atoms with Gasteiger partial charge in [-0.15, -0.1) is 0 Å². The zero-order valence-electron chi connectivity index (χ0n) is 13.3. The largest absolute Gasteiger partial charge is 0.337 e. The van der Waals surface area contributed by atoms with Crippen LogP contribution in [0.3, 0.4) is 0 Å². The first-order valence-corrected chi connectivity index (χ1v) is 9.07. The molecule has 2 amide bonds. The summed E-state index contributed by atoms with van der Waals surface area (Å²) < 4.78 is 26.1. The Hall–Kier alpha value is -2.13. The SMILES string of the molecule is C[C@@H](NC(=O)NCCNS(C)(=O)=O)c1nc2ccccc2n1C. The zero-order chi connectivity index (χ0) is 17.0. The Labute approximate surface area is 135 Å². The second kappa shape index (κ2) is 6.97. The summed E-state index contributed by atoms with van der Waals surface area (Å²) in [6.07, 6.45) is 1.07. The van der Waals surface area contributed by atoms with Gasteiger partial charge < -0.3 is 15.2 Å². The van der Waals surface area contributed by atoms with Crippen molar-refractivity contribution in [1.29, 1.82) is 0 Å². The number of carbonyl (C=O) groups excluding carboxylic acids is 1. The first-order valence-electron chi connectivity index (χ1n) is 7.18. The summed E-state index contributed by atoms with van der Waals surface area (Å²) in [6, 6.07) is 7.08. The maximum Gasteiger partial charge on any atom is 0.315 e. The molecule has 0 aliphatic rings. The first kappa shape index (κ1) is 17.2. The number of benzene rings is 1. The van der Waals surface area contributed by atoms with Crippen LogP contribution in [0.25, 0.3) is 11.0 Å². The maximum atomic E-state index is 11.8. The number of hydrogen-bond donors (Lipinski definition) is 3. The second-order valence-corrected chi connectivity index (χ2v) is 7.14. The minimum absolute atomic E-state index is 0.146. The highest BCUT2D eigenvalue weighted by Gasteiger charge is 2.16. The van der Waals surface area contributed by atoms with Gasteiger partial charge in [0.1, 0.15) is 5.82 Å². The number of rotatable bonds is 6. The van der Waals surface area contributed by atoms with E-state index < -0.39 is 10.0 Å². The summed E-state index contributed by atoms with van der Waals surface area (Å²) in [5.41, 5.74) is 1.87. The summed E-state index contributed by atoms with van der Waals surface area (Å²) in [5, 5.41) is 5.38. The summed E-state index contributed by atoms with van der Waals surface area (Å²) in [6.45, 7) is 2.19. The molecule has 2 aromatic rings. The lowest BCUT2D eigenvalue weighted by Crippen LogP contribution is -2.41. The number of aryl methyl sites for hydroxylation is 1. The molecule has 0 radical (unpaired) electrons. The first-order chi connectivity index (χ1) is 10.8. The van der Waals surface area contributed by atoms with Crippen LogP contribution < -0.4 is 15.4 Å². The van der Waals surface area contributed by atoms with Crippen molar-refractivity contribution in [3.05, 3.63) is 30.1 Å². The number of urea groups is 1. The molecule has 3 N–H and O–H groups in total. The van der Waals surface area contributed by atoms with Gasteiger partial charge in [0.2, 0.25) is 10.0 Å². The average Bonchev–Trinajstić information content (AvgIpc) is 2.80. The molecule has 0 saturated carbocycles. The van der Waals surface area contributed by atoms with Crippen LogP contribution in [-0.2, 0) is 17.1 Å². The minimum Gasteiger partial charge on any atom is -0.337 e. The topological polar surface area (TPSA) is 105 Å². The van der Waals surface area contributed by atoms with Gasteiger partial charge in [-0.05, 0) is 19.1 Å². The van der Waals surface area contributed by atoms with Crippen LogP contribution >= 0.6 is 0 Å². The van der Waals surface area contributed by atoms with Gasteiger partial charge in [-0.25, -0.2) is 22.9 Å². The predicted octanol–water partition coefficient (Wildman–Crippen LogP) is 0.483. The molecule has 0 unspecified atom stereocenters. The van der Waals surface area contributed by atoms with Gasteiger partial charge in [0.25, 0.3) is 0 Å². The third kappa shape index (κ3) is 4.67. The van der Waals surface area contributed by atoms with Crippen molar-refractivity contribution in [2.24, 2.45) is 7.05 Å². The van der Waals surface area contributed by atoms with Crippen LogP contribution in [0.1, 0.15) is 18.8 Å². The Morgan fingerprint density at radius 2 is 2.00 bits per heavy atom. The van der Waals surface area contributed by atoms with Gasteiger partial charge in [0, 0.05) is 20.1 Å². The van der Waals surface area contributed by atoms with Crippen molar-refractivity contribution in [3.8, 4) is 0 Å². The third-order valence-corrected chi connectivity index (χ3v) is 4.06. The lowest BCUT2D eigenvalue weighted by molar-refractivity contribution is 0.237. The van der Waals surface area contributed by atoms with Crippen molar-refractivity contribution in [2.45, 2.75) is 13.0 Å². The number of amides is 2. The van der Waals surface area contributed by atoms with E-state index in [-0.39, 0.29) is 25.2 Å². The summed E-state index contributed by atoms with van der Waals surface area (Å²) in [4.78, 5) is 16.4. The predicted molar refractivity (Wildman–Crippen MR) is 88.5 cm³/mol. The number of nitrogens with zero attached hydrogens (tertiary/aromatic N) is 2.